The van der Waals surface area contributed by atoms with Crippen LogP contribution in [0.1, 0.15) is 71.1 Å². The number of nitrogens with two attached hydrogens (primary N) is 1. The van der Waals surface area contributed by atoms with E-state index in [9.17, 15) is 5.11 Å². The van der Waals surface area contributed by atoms with E-state index in [2.05, 4.69) is 12.2 Å². The first-order valence-electron chi connectivity index (χ1n) is 8.97. The number of aliphatic hydroxyl groups excluding tert-OH is 1. The highest BCUT2D eigenvalue weighted by Gasteiger charge is 2.02. The van der Waals surface area contributed by atoms with Gasteiger partial charge in [0.1, 0.15) is 0 Å². The number of unbranched alkanes of at least 4 members (excludes halogenated alkanes) is 9. The number of ether oxygens (including phenoxy) is 1. The van der Waals surface area contributed by atoms with E-state index < -0.39 is 6.10 Å². The molecule has 0 aliphatic heterocycles. The number of hydrogen-bond acceptors (Lipinski definition) is 4. The lowest BCUT2D eigenvalue weighted by Crippen LogP contribution is -2.33. The highest BCUT2D eigenvalue weighted by atomic mass is 16.5. The molecule has 0 saturated carbocycles. The molecule has 128 valence electrons. The second kappa shape index (κ2) is 17.9. The van der Waals surface area contributed by atoms with Gasteiger partial charge in [-0.15, -0.1) is 0 Å². The summed E-state index contributed by atoms with van der Waals surface area (Å²) in [5, 5.41) is 12.7. The topological polar surface area (TPSA) is 67.5 Å². The summed E-state index contributed by atoms with van der Waals surface area (Å²) in [4.78, 5) is 0. The second-order valence-corrected chi connectivity index (χ2v) is 5.90. The van der Waals surface area contributed by atoms with Gasteiger partial charge >= 0.3 is 0 Å². The van der Waals surface area contributed by atoms with E-state index in [4.69, 9.17) is 10.5 Å². The molecule has 0 heterocycles. The van der Waals surface area contributed by atoms with Gasteiger partial charge < -0.3 is 20.9 Å². The second-order valence-electron chi connectivity index (χ2n) is 5.90. The van der Waals surface area contributed by atoms with Crippen molar-refractivity contribution in [2.75, 3.05) is 32.8 Å². The van der Waals surface area contributed by atoms with Crippen LogP contribution in [-0.2, 0) is 4.74 Å². The molecule has 0 spiro atoms. The minimum Gasteiger partial charge on any atom is -0.389 e. The third-order valence-electron chi connectivity index (χ3n) is 3.65. The minimum absolute atomic E-state index is 0.417. The van der Waals surface area contributed by atoms with Crippen LogP contribution in [0.3, 0.4) is 0 Å². The molecule has 21 heavy (non-hydrogen) atoms. The van der Waals surface area contributed by atoms with Gasteiger partial charge in [0, 0.05) is 26.2 Å². The fraction of sp³-hybridized carbons (Fsp3) is 1.00. The lowest BCUT2D eigenvalue weighted by molar-refractivity contribution is 0.0356. The van der Waals surface area contributed by atoms with Crippen LogP contribution >= 0.6 is 0 Å². The summed E-state index contributed by atoms with van der Waals surface area (Å²) in [5.74, 6) is 0. The molecule has 1 atom stereocenters. The zero-order valence-electron chi connectivity index (χ0n) is 14.1. The van der Waals surface area contributed by atoms with Crippen molar-refractivity contribution in [1.82, 2.24) is 5.32 Å². The van der Waals surface area contributed by atoms with E-state index in [-0.39, 0.29) is 0 Å². The molecule has 0 aromatic carbocycles. The third kappa shape index (κ3) is 17.8. The Balaban J connectivity index is 3.05. The maximum atomic E-state index is 9.61. The van der Waals surface area contributed by atoms with Crippen molar-refractivity contribution in [2.45, 2.75) is 77.2 Å². The molecule has 0 radical (unpaired) electrons. The Morgan fingerprint density at radius 3 is 2.10 bits per heavy atom. The first-order chi connectivity index (χ1) is 10.3. The summed E-state index contributed by atoms with van der Waals surface area (Å²) in [6.07, 6.45) is 12.9. The van der Waals surface area contributed by atoms with E-state index in [0.717, 1.165) is 19.6 Å². The molecule has 4 nitrogen and oxygen atoms in total. The van der Waals surface area contributed by atoms with Crippen molar-refractivity contribution in [1.29, 1.82) is 0 Å². The van der Waals surface area contributed by atoms with Crippen LogP contribution in [0.2, 0.25) is 0 Å². The highest BCUT2D eigenvalue weighted by Crippen LogP contribution is 2.10. The predicted molar refractivity (Wildman–Crippen MR) is 90.6 cm³/mol. The number of hydrogen-bond donors (Lipinski definition) is 3. The van der Waals surface area contributed by atoms with E-state index in [1.165, 1.54) is 57.8 Å². The van der Waals surface area contributed by atoms with Crippen LogP contribution in [0.5, 0.6) is 0 Å². The van der Waals surface area contributed by atoms with Gasteiger partial charge in [-0.1, -0.05) is 64.7 Å². The van der Waals surface area contributed by atoms with E-state index in [1.54, 1.807) is 0 Å². The summed E-state index contributed by atoms with van der Waals surface area (Å²) in [5.41, 5.74) is 5.36. The standard InChI is InChI=1S/C17H38N2O2/c1-2-3-4-5-6-7-8-9-10-11-14-21-16-17(20)15-19-13-12-18/h17,19-20H,2-16,18H2,1H3. The molecular formula is C17H38N2O2. The Bertz CT molecular complexity index is 192. The van der Waals surface area contributed by atoms with Crippen LogP contribution in [0.25, 0.3) is 0 Å². The van der Waals surface area contributed by atoms with Gasteiger partial charge in [0.25, 0.3) is 0 Å². The Morgan fingerprint density at radius 2 is 1.52 bits per heavy atom. The van der Waals surface area contributed by atoms with Crippen LogP contribution in [0.15, 0.2) is 0 Å². The van der Waals surface area contributed by atoms with E-state index in [1.807, 2.05) is 0 Å². The largest absolute Gasteiger partial charge is 0.389 e. The average Bonchev–Trinajstić information content (AvgIpc) is 2.48. The summed E-state index contributed by atoms with van der Waals surface area (Å²) in [6, 6.07) is 0. The fourth-order valence-electron chi connectivity index (χ4n) is 2.34. The van der Waals surface area contributed by atoms with Crippen molar-refractivity contribution < 1.29 is 9.84 Å². The molecule has 0 aliphatic rings. The lowest BCUT2D eigenvalue weighted by Gasteiger charge is -2.11. The number of nitrogens with one attached hydrogen (secondary N) is 1. The molecular weight excluding hydrogens is 264 g/mol. The highest BCUT2D eigenvalue weighted by molar-refractivity contribution is 4.58. The third-order valence-corrected chi connectivity index (χ3v) is 3.65. The molecule has 0 aliphatic carbocycles. The van der Waals surface area contributed by atoms with Gasteiger partial charge in [0.2, 0.25) is 0 Å². The van der Waals surface area contributed by atoms with Gasteiger partial charge in [-0.2, -0.15) is 0 Å². The monoisotopic (exact) mass is 302 g/mol. The van der Waals surface area contributed by atoms with Crippen molar-refractivity contribution in [3.05, 3.63) is 0 Å². The first-order valence-corrected chi connectivity index (χ1v) is 8.97. The summed E-state index contributed by atoms with van der Waals surface area (Å²) in [7, 11) is 0. The molecule has 0 amide bonds. The van der Waals surface area contributed by atoms with Gasteiger partial charge in [0.15, 0.2) is 0 Å². The minimum atomic E-state index is -0.417. The van der Waals surface area contributed by atoms with E-state index in [0.29, 0.717) is 19.7 Å². The first kappa shape index (κ1) is 20.8. The van der Waals surface area contributed by atoms with Gasteiger partial charge in [-0.3, -0.25) is 0 Å². The van der Waals surface area contributed by atoms with Crippen molar-refractivity contribution in [3.63, 3.8) is 0 Å². The van der Waals surface area contributed by atoms with Crippen molar-refractivity contribution >= 4 is 0 Å². The number of rotatable bonds is 17. The van der Waals surface area contributed by atoms with Gasteiger partial charge in [0.05, 0.1) is 12.7 Å². The molecule has 0 aromatic rings. The zero-order chi connectivity index (χ0) is 15.6. The van der Waals surface area contributed by atoms with Gasteiger partial charge in [-0.25, -0.2) is 0 Å². The summed E-state index contributed by atoms with van der Waals surface area (Å²) in [6.45, 7) is 5.37. The van der Waals surface area contributed by atoms with Crippen LogP contribution in [0.4, 0.5) is 0 Å². The van der Waals surface area contributed by atoms with Gasteiger partial charge in [-0.05, 0) is 6.42 Å². The zero-order valence-corrected chi connectivity index (χ0v) is 14.1. The predicted octanol–water partition coefficient (Wildman–Crippen LogP) is 2.83. The van der Waals surface area contributed by atoms with Crippen LogP contribution in [-0.4, -0.2) is 44.1 Å². The molecule has 4 N–H and O–H groups in total. The Kier molecular flexibility index (Phi) is 17.8. The Hall–Kier alpha value is -0.160. The molecule has 0 aromatic heterocycles. The van der Waals surface area contributed by atoms with Crippen LogP contribution < -0.4 is 11.1 Å². The Morgan fingerprint density at radius 1 is 0.952 bits per heavy atom. The van der Waals surface area contributed by atoms with Crippen molar-refractivity contribution in [3.8, 4) is 0 Å². The molecule has 4 heteroatoms. The average molecular weight is 303 g/mol. The summed E-state index contributed by atoms with van der Waals surface area (Å²) < 4.78 is 5.48. The van der Waals surface area contributed by atoms with Crippen LogP contribution in [0, 0.1) is 0 Å². The van der Waals surface area contributed by atoms with Crippen molar-refractivity contribution in [2.24, 2.45) is 5.73 Å². The molecule has 0 rings (SSSR count). The molecule has 1 unspecified atom stereocenters. The normalized spacial score (nSPS) is 12.7. The smallest absolute Gasteiger partial charge is 0.0897 e. The maximum absolute atomic E-state index is 9.61. The maximum Gasteiger partial charge on any atom is 0.0897 e. The Labute approximate surface area is 131 Å². The lowest BCUT2D eigenvalue weighted by atomic mass is 10.1. The quantitative estimate of drug-likeness (QED) is 0.361. The summed E-state index contributed by atoms with van der Waals surface area (Å²) >= 11 is 0. The molecule has 0 fully saturated rings. The molecule has 0 bridgehead atoms. The van der Waals surface area contributed by atoms with E-state index >= 15 is 0 Å². The fourth-order valence-corrected chi connectivity index (χ4v) is 2.34. The molecule has 0 saturated heterocycles. The number of aliphatic hydroxyl groups is 1. The SMILES string of the molecule is CCCCCCCCCCCCOCC(O)CNCCN.